The second kappa shape index (κ2) is 15.3. The van der Waals surface area contributed by atoms with Crippen molar-refractivity contribution in [3.05, 3.63) is 70.8 Å². The summed E-state index contributed by atoms with van der Waals surface area (Å²) in [5.74, 6) is -18.2. The Labute approximate surface area is 310 Å². The van der Waals surface area contributed by atoms with Crippen LogP contribution in [0.15, 0.2) is 48.5 Å². The Hall–Kier alpha value is -7.72. The Morgan fingerprint density at radius 3 is 1.02 bits per heavy atom. The zero-order valence-electron chi connectivity index (χ0n) is 27.7. The van der Waals surface area contributed by atoms with E-state index in [1.54, 1.807) is 0 Å². The number of carbonyl (C=O) groups is 4. The molecule has 5 rings (SSSR count). The summed E-state index contributed by atoms with van der Waals surface area (Å²) < 4.78 is 26.8. The third-order valence-electron chi connectivity index (χ3n) is 7.94. The molecule has 4 aromatic rings. The third-order valence-corrected chi connectivity index (χ3v) is 7.94. The van der Waals surface area contributed by atoms with Crippen molar-refractivity contribution in [2.24, 2.45) is 0 Å². The molecule has 0 spiro atoms. The number of esters is 4. The molecule has 0 aromatic heterocycles. The van der Waals surface area contributed by atoms with Crippen molar-refractivity contribution in [1.29, 1.82) is 0 Å². The molecule has 4 aromatic carbocycles. The minimum Gasteiger partial charge on any atom is -0.504 e. The van der Waals surface area contributed by atoms with Crippen LogP contribution in [0, 0.1) is 0 Å². The minimum absolute atomic E-state index is 0.570. The van der Waals surface area contributed by atoms with E-state index in [9.17, 15) is 85.6 Å². The lowest BCUT2D eigenvalue weighted by Gasteiger charge is -2.42. The first-order valence-electron chi connectivity index (χ1n) is 15.4. The van der Waals surface area contributed by atoms with Crippen LogP contribution in [0.25, 0.3) is 0 Å². The molecule has 13 N–H and O–H groups in total. The highest BCUT2D eigenvalue weighted by Gasteiger charge is 2.53. The van der Waals surface area contributed by atoms with Crippen molar-refractivity contribution in [3.8, 4) is 69.0 Å². The molecule has 0 bridgehead atoms. The fourth-order valence-corrected chi connectivity index (χ4v) is 5.14. The van der Waals surface area contributed by atoms with Crippen LogP contribution in [0.4, 0.5) is 0 Å². The summed E-state index contributed by atoms with van der Waals surface area (Å²) in [6, 6.07) is 4.99. The van der Waals surface area contributed by atoms with Gasteiger partial charge in [-0.3, -0.25) is 0 Å². The van der Waals surface area contributed by atoms with E-state index in [2.05, 4.69) is 0 Å². The predicted molar refractivity (Wildman–Crippen MR) is 175 cm³/mol. The van der Waals surface area contributed by atoms with Gasteiger partial charge in [-0.05, 0) is 48.5 Å². The molecule has 1 saturated heterocycles. The Morgan fingerprint density at radius 2 is 0.696 bits per heavy atom. The molecule has 22 heteroatoms. The molecule has 22 nitrogen and oxygen atoms in total. The van der Waals surface area contributed by atoms with Crippen molar-refractivity contribution < 1.29 is 109 Å². The number of hydrogen-bond donors (Lipinski definition) is 13. The summed E-state index contributed by atoms with van der Waals surface area (Å²) in [5, 5.41) is 129. The first-order chi connectivity index (χ1) is 26.3. The number of rotatable bonds is 9. The van der Waals surface area contributed by atoms with Crippen LogP contribution in [0.2, 0.25) is 0 Å². The standard InChI is InChI=1S/C34H28O22/c35-14-1-10(2-15(36)23(14)43)30(47)52-9-22-27(54-31(48)11-3-16(37)24(44)17(38)4-11)28(55-32(49)12-5-18(39)25(45)19(40)6-12)29(34(51)53-22)56-33(50)13-7-20(41)26(46)21(42)8-13/h1-8,22,27-29,34-46,51H,9H2/t22?,27-,28-,29?,34+/m0/s1. The zero-order chi connectivity index (χ0) is 41.3. The molecular formula is C34H28O22. The van der Waals surface area contributed by atoms with Gasteiger partial charge in [-0.2, -0.15) is 0 Å². The van der Waals surface area contributed by atoms with E-state index in [0.717, 1.165) is 0 Å². The molecule has 5 atom stereocenters. The van der Waals surface area contributed by atoms with Crippen LogP contribution in [-0.4, -0.2) is 128 Å². The monoisotopic (exact) mass is 788 g/mol. The number of benzene rings is 4. The molecular weight excluding hydrogens is 760 g/mol. The summed E-state index contributed by atoms with van der Waals surface area (Å²) in [5.41, 5.74) is -2.68. The summed E-state index contributed by atoms with van der Waals surface area (Å²) >= 11 is 0. The SMILES string of the molecule is O=C(OCC1O[C@@H](O)C(OC(=O)c2cc(O)c(O)c(O)c2)[C@@H](OC(=O)c2cc(O)c(O)c(O)c2)[C@H]1OC(=O)c1cc(O)c(O)c(O)c1)c1cc(O)c(O)c(O)c1. The van der Waals surface area contributed by atoms with Crippen molar-refractivity contribution in [2.75, 3.05) is 6.61 Å². The van der Waals surface area contributed by atoms with E-state index in [4.69, 9.17) is 23.7 Å². The van der Waals surface area contributed by atoms with Gasteiger partial charge in [-0.15, -0.1) is 0 Å². The fourth-order valence-electron chi connectivity index (χ4n) is 5.14. The van der Waals surface area contributed by atoms with Gasteiger partial charge in [0.05, 0.1) is 22.3 Å². The fraction of sp³-hybridized carbons (Fsp3) is 0.176. The molecule has 2 unspecified atom stereocenters. The molecule has 0 radical (unpaired) electrons. The van der Waals surface area contributed by atoms with Crippen LogP contribution < -0.4 is 0 Å². The molecule has 1 aliphatic heterocycles. The molecule has 1 heterocycles. The van der Waals surface area contributed by atoms with E-state index >= 15 is 0 Å². The maximum absolute atomic E-state index is 13.5. The third kappa shape index (κ3) is 7.95. The molecule has 0 amide bonds. The van der Waals surface area contributed by atoms with Gasteiger partial charge >= 0.3 is 23.9 Å². The van der Waals surface area contributed by atoms with E-state index in [-0.39, 0.29) is 0 Å². The Bertz CT molecular complexity index is 2140. The van der Waals surface area contributed by atoms with Gasteiger partial charge in [0, 0.05) is 0 Å². The number of hydrogen-bond acceptors (Lipinski definition) is 22. The molecule has 56 heavy (non-hydrogen) atoms. The number of phenols is 12. The second-order valence-electron chi connectivity index (χ2n) is 11.7. The van der Waals surface area contributed by atoms with E-state index in [1.165, 1.54) is 0 Å². The lowest BCUT2D eigenvalue weighted by molar-refractivity contribution is -0.284. The lowest BCUT2D eigenvalue weighted by atomic mass is 9.97. The van der Waals surface area contributed by atoms with Crippen LogP contribution in [0.1, 0.15) is 41.4 Å². The highest BCUT2D eigenvalue weighted by molar-refractivity contribution is 5.93. The van der Waals surface area contributed by atoms with Crippen LogP contribution in [0.3, 0.4) is 0 Å². The summed E-state index contributed by atoms with van der Waals surface area (Å²) in [7, 11) is 0. The highest BCUT2D eigenvalue weighted by Crippen LogP contribution is 2.40. The number of aromatic hydroxyl groups is 12. The van der Waals surface area contributed by atoms with E-state index < -0.39 is 152 Å². The number of ether oxygens (including phenoxy) is 5. The minimum atomic E-state index is -2.43. The van der Waals surface area contributed by atoms with Gasteiger partial charge in [0.1, 0.15) is 12.7 Å². The average molecular weight is 789 g/mol. The summed E-state index contributed by atoms with van der Waals surface area (Å²) in [4.78, 5) is 53.1. The van der Waals surface area contributed by atoms with Gasteiger partial charge in [0.15, 0.2) is 93.6 Å². The predicted octanol–water partition coefficient (Wildman–Crippen LogP) is 0.705. The molecule has 1 aliphatic rings. The average Bonchev–Trinajstić information content (AvgIpc) is 3.14. The van der Waals surface area contributed by atoms with Crippen molar-refractivity contribution >= 4 is 23.9 Å². The number of phenolic OH excluding ortho intramolecular Hbond substituents is 12. The summed E-state index contributed by atoms with van der Waals surface area (Å²) in [6.45, 7) is -1.09. The quantitative estimate of drug-likeness (QED) is 0.0630. The van der Waals surface area contributed by atoms with Gasteiger partial charge in [-0.1, -0.05) is 0 Å². The van der Waals surface area contributed by atoms with Crippen LogP contribution >= 0.6 is 0 Å². The van der Waals surface area contributed by atoms with Crippen molar-refractivity contribution in [3.63, 3.8) is 0 Å². The van der Waals surface area contributed by atoms with Gasteiger partial charge in [0.2, 0.25) is 0 Å². The highest BCUT2D eigenvalue weighted by atomic mass is 16.7. The lowest BCUT2D eigenvalue weighted by Crippen LogP contribution is -2.62. The molecule has 1 fully saturated rings. The van der Waals surface area contributed by atoms with Gasteiger partial charge in [0.25, 0.3) is 0 Å². The maximum Gasteiger partial charge on any atom is 0.339 e. The number of carbonyl (C=O) groups excluding carboxylic acids is 4. The normalized spacial score (nSPS) is 19.1. The van der Waals surface area contributed by atoms with Gasteiger partial charge in [-0.25, -0.2) is 19.2 Å². The molecule has 0 aliphatic carbocycles. The largest absolute Gasteiger partial charge is 0.504 e. The first kappa shape index (κ1) is 39.5. The molecule has 0 saturated carbocycles. The Balaban J connectivity index is 1.57. The van der Waals surface area contributed by atoms with E-state index in [1.807, 2.05) is 0 Å². The number of aliphatic hydroxyl groups is 1. The zero-order valence-corrected chi connectivity index (χ0v) is 27.7. The molecule has 296 valence electrons. The van der Waals surface area contributed by atoms with Crippen LogP contribution in [0.5, 0.6) is 69.0 Å². The Morgan fingerprint density at radius 1 is 0.429 bits per heavy atom. The number of aliphatic hydroxyl groups excluding tert-OH is 1. The van der Waals surface area contributed by atoms with Gasteiger partial charge < -0.3 is 90.1 Å². The van der Waals surface area contributed by atoms with Crippen molar-refractivity contribution in [1.82, 2.24) is 0 Å². The van der Waals surface area contributed by atoms with Crippen LogP contribution in [-0.2, 0) is 23.7 Å². The second-order valence-corrected chi connectivity index (χ2v) is 11.7. The smallest absolute Gasteiger partial charge is 0.339 e. The maximum atomic E-state index is 13.5. The summed E-state index contributed by atoms with van der Waals surface area (Å²) in [6.07, 6.45) is -11.2. The van der Waals surface area contributed by atoms with Crippen molar-refractivity contribution in [2.45, 2.75) is 30.7 Å². The Kier molecular flexibility index (Phi) is 10.8. The first-order valence-corrected chi connectivity index (χ1v) is 15.4. The topological polar surface area (TPSA) is 377 Å². The van der Waals surface area contributed by atoms with E-state index in [0.29, 0.717) is 48.5 Å².